The smallest absolute Gasteiger partial charge is 0.222 e. The molecule has 154 valence electrons. The second-order valence-corrected chi connectivity index (χ2v) is 8.01. The molecule has 2 atom stereocenters. The minimum Gasteiger partial charge on any atom is -0.396 e. The van der Waals surface area contributed by atoms with Crippen LogP contribution in [0.5, 0.6) is 0 Å². The lowest BCUT2D eigenvalue weighted by Gasteiger charge is -2.31. The van der Waals surface area contributed by atoms with Gasteiger partial charge in [-0.05, 0) is 34.8 Å². The Bertz CT molecular complexity index is 935. The predicted octanol–water partition coefficient (Wildman–Crippen LogP) is 2.77. The summed E-state index contributed by atoms with van der Waals surface area (Å²) in [6.07, 6.45) is 9.59. The molecule has 3 aromatic rings. The predicted molar refractivity (Wildman–Crippen MR) is 116 cm³/mol. The number of aromatic nitrogens is 5. The van der Waals surface area contributed by atoms with Crippen LogP contribution in [0.1, 0.15) is 25.7 Å². The number of nitrogens with zero attached hydrogens (tertiary/aromatic N) is 5. The van der Waals surface area contributed by atoms with Crippen LogP contribution in [-0.4, -0.2) is 55.4 Å². The van der Waals surface area contributed by atoms with Crippen LogP contribution in [0.15, 0.2) is 35.2 Å². The number of aliphatic hydroxyl groups is 1. The zero-order chi connectivity index (χ0) is 20.1. The molecule has 0 aliphatic heterocycles. The molecule has 0 saturated heterocycles. The average molecular weight is 461 g/mol. The Morgan fingerprint density at radius 2 is 1.93 bits per heavy atom. The average Bonchev–Trinajstić information content (AvgIpc) is 3.13. The van der Waals surface area contributed by atoms with Crippen molar-refractivity contribution in [2.75, 3.05) is 35.6 Å². The van der Waals surface area contributed by atoms with Crippen molar-refractivity contribution in [1.82, 2.24) is 24.6 Å². The lowest BCUT2D eigenvalue weighted by atomic mass is 9.85. The molecule has 0 amide bonds. The first-order valence-electron chi connectivity index (χ1n) is 9.91. The van der Waals surface area contributed by atoms with Crippen molar-refractivity contribution >= 4 is 39.2 Å². The summed E-state index contributed by atoms with van der Waals surface area (Å²) in [5.41, 5.74) is 0.744. The van der Waals surface area contributed by atoms with Gasteiger partial charge in [-0.2, -0.15) is 9.61 Å². The van der Waals surface area contributed by atoms with E-state index in [0.717, 1.165) is 34.6 Å². The first-order valence-corrected chi connectivity index (χ1v) is 10.7. The van der Waals surface area contributed by atoms with Gasteiger partial charge in [0.2, 0.25) is 5.95 Å². The van der Waals surface area contributed by atoms with Gasteiger partial charge in [-0.25, -0.2) is 15.0 Å². The Morgan fingerprint density at radius 1 is 1.14 bits per heavy atom. The zero-order valence-electron chi connectivity index (χ0n) is 16.1. The fourth-order valence-electron chi connectivity index (χ4n) is 3.70. The Balaban J connectivity index is 1.47. The summed E-state index contributed by atoms with van der Waals surface area (Å²) in [5.74, 6) is 2.49. The SMILES string of the molecule is OC[C@@H]1CCCC[C@@H]1Nc1cc(NCCNc2ncccn2)n2ncc(Br)c2n1. The van der Waals surface area contributed by atoms with E-state index in [1.165, 1.54) is 12.8 Å². The Hall–Kier alpha value is -2.46. The fourth-order valence-corrected chi connectivity index (χ4v) is 4.05. The van der Waals surface area contributed by atoms with E-state index in [9.17, 15) is 5.11 Å². The molecular weight excluding hydrogens is 436 g/mol. The highest BCUT2D eigenvalue weighted by Gasteiger charge is 2.25. The van der Waals surface area contributed by atoms with Gasteiger partial charge < -0.3 is 21.1 Å². The molecule has 0 spiro atoms. The summed E-state index contributed by atoms with van der Waals surface area (Å²) in [4.78, 5) is 13.0. The molecule has 4 rings (SSSR count). The summed E-state index contributed by atoms with van der Waals surface area (Å²) >= 11 is 3.53. The molecule has 9 nitrogen and oxygen atoms in total. The quantitative estimate of drug-likeness (QED) is 0.379. The number of fused-ring (bicyclic) bond motifs is 1. The van der Waals surface area contributed by atoms with Gasteiger partial charge >= 0.3 is 0 Å². The minimum absolute atomic E-state index is 0.203. The zero-order valence-corrected chi connectivity index (χ0v) is 17.6. The Kier molecular flexibility index (Phi) is 6.40. The molecule has 3 heterocycles. The van der Waals surface area contributed by atoms with Crippen LogP contribution in [0.25, 0.3) is 5.65 Å². The molecule has 29 heavy (non-hydrogen) atoms. The maximum Gasteiger partial charge on any atom is 0.222 e. The minimum atomic E-state index is 0.203. The third kappa shape index (κ3) is 4.76. The van der Waals surface area contributed by atoms with Crippen LogP contribution in [0.3, 0.4) is 0 Å². The fraction of sp³-hybridized carbons (Fsp3) is 0.474. The highest BCUT2D eigenvalue weighted by atomic mass is 79.9. The lowest BCUT2D eigenvalue weighted by molar-refractivity contribution is 0.178. The van der Waals surface area contributed by atoms with Gasteiger partial charge in [-0.3, -0.25) is 0 Å². The van der Waals surface area contributed by atoms with E-state index in [1.54, 1.807) is 29.2 Å². The van der Waals surface area contributed by atoms with E-state index in [4.69, 9.17) is 4.98 Å². The van der Waals surface area contributed by atoms with Gasteiger partial charge in [0, 0.05) is 50.1 Å². The second kappa shape index (κ2) is 9.36. The number of anilines is 3. The normalized spacial score (nSPS) is 19.2. The maximum atomic E-state index is 9.70. The van der Waals surface area contributed by atoms with Crippen molar-refractivity contribution < 1.29 is 5.11 Å². The molecule has 1 aliphatic rings. The molecule has 0 unspecified atom stereocenters. The summed E-state index contributed by atoms with van der Waals surface area (Å²) in [6, 6.07) is 3.98. The summed E-state index contributed by atoms with van der Waals surface area (Å²) in [7, 11) is 0. The van der Waals surface area contributed by atoms with Crippen molar-refractivity contribution in [2.45, 2.75) is 31.7 Å². The number of rotatable bonds is 8. The summed E-state index contributed by atoms with van der Waals surface area (Å²) < 4.78 is 2.61. The number of halogens is 1. The van der Waals surface area contributed by atoms with Crippen LogP contribution in [0.4, 0.5) is 17.6 Å². The number of hydrogen-bond donors (Lipinski definition) is 4. The molecule has 10 heteroatoms. The Morgan fingerprint density at radius 3 is 2.76 bits per heavy atom. The van der Waals surface area contributed by atoms with Crippen molar-refractivity contribution in [3.05, 3.63) is 35.2 Å². The molecule has 1 saturated carbocycles. The molecule has 0 aromatic carbocycles. The van der Waals surface area contributed by atoms with E-state index in [2.05, 4.69) is 46.9 Å². The highest BCUT2D eigenvalue weighted by Crippen LogP contribution is 2.28. The van der Waals surface area contributed by atoms with Crippen LogP contribution >= 0.6 is 15.9 Å². The van der Waals surface area contributed by atoms with Gasteiger partial charge in [0.15, 0.2) is 5.65 Å². The van der Waals surface area contributed by atoms with Crippen molar-refractivity contribution in [3.63, 3.8) is 0 Å². The summed E-state index contributed by atoms with van der Waals surface area (Å²) in [6.45, 7) is 1.53. The van der Waals surface area contributed by atoms with E-state index in [-0.39, 0.29) is 18.6 Å². The van der Waals surface area contributed by atoms with Gasteiger partial charge in [-0.15, -0.1) is 0 Å². The second-order valence-electron chi connectivity index (χ2n) is 7.16. The topological polar surface area (TPSA) is 112 Å². The molecule has 0 radical (unpaired) electrons. The molecule has 0 bridgehead atoms. The first kappa shape index (κ1) is 19.8. The van der Waals surface area contributed by atoms with Gasteiger partial charge in [0.05, 0.1) is 10.7 Å². The first-order chi connectivity index (χ1) is 14.2. The molecule has 4 N–H and O–H groups in total. The van der Waals surface area contributed by atoms with Crippen LogP contribution in [0, 0.1) is 5.92 Å². The lowest BCUT2D eigenvalue weighted by Crippen LogP contribution is -2.34. The van der Waals surface area contributed by atoms with E-state index in [1.807, 2.05) is 6.07 Å². The van der Waals surface area contributed by atoms with Crippen LogP contribution in [0.2, 0.25) is 0 Å². The highest BCUT2D eigenvalue weighted by molar-refractivity contribution is 9.10. The van der Waals surface area contributed by atoms with Crippen LogP contribution < -0.4 is 16.0 Å². The van der Waals surface area contributed by atoms with Gasteiger partial charge in [0.1, 0.15) is 11.6 Å². The third-order valence-electron chi connectivity index (χ3n) is 5.19. The van der Waals surface area contributed by atoms with Crippen molar-refractivity contribution in [1.29, 1.82) is 0 Å². The molecular formula is C19H25BrN8O. The third-order valence-corrected chi connectivity index (χ3v) is 5.75. The van der Waals surface area contributed by atoms with Gasteiger partial charge in [-0.1, -0.05) is 12.8 Å². The van der Waals surface area contributed by atoms with Gasteiger partial charge in [0.25, 0.3) is 0 Å². The Labute approximate surface area is 177 Å². The van der Waals surface area contributed by atoms with Crippen LogP contribution in [-0.2, 0) is 0 Å². The molecule has 3 aromatic heterocycles. The monoisotopic (exact) mass is 460 g/mol. The number of hydrogen-bond acceptors (Lipinski definition) is 8. The summed E-state index contributed by atoms with van der Waals surface area (Å²) in [5, 5.41) is 24.2. The molecule has 1 aliphatic carbocycles. The van der Waals surface area contributed by atoms with E-state index < -0.39 is 0 Å². The maximum absolute atomic E-state index is 9.70. The number of nitrogens with one attached hydrogen (secondary N) is 3. The number of aliphatic hydroxyl groups excluding tert-OH is 1. The van der Waals surface area contributed by atoms with E-state index in [0.29, 0.717) is 19.0 Å². The largest absolute Gasteiger partial charge is 0.396 e. The van der Waals surface area contributed by atoms with Crippen molar-refractivity contribution in [3.8, 4) is 0 Å². The van der Waals surface area contributed by atoms with Crippen molar-refractivity contribution in [2.24, 2.45) is 5.92 Å². The molecule has 1 fully saturated rings. The van der Waals surface area contributed by atoms with E-state index >= 15 is 0 Å². The standard InChI is InChI=1S/C19H25BrN8O/c20-14-11-25-28-17(21-8-9-24-19-22-6-3-7-23-19)10-16(27-18(14)28)26-15-5-2-1-4-13(15)12-29/h3,6-7,10-11,13,15,21,29H,1-2,4-5,8-9,12H2,(H,26,27)(H,22,23,24)/t13-,15-/m0/s1.